The summed E-state index contributed by atoms with van der Waals surface area (Å²) in [5.41, 5.74) is 1.22. The lowest BCUT2D eigenvalue weighted by Crippen LogP contribution is -2.29. The molecule has 18 heavy (non-hydrogen) atoms. The van der Waals surface area contributed by atoms with Gasteiger partial charge in [-0.1, -0.05) is 35.0 Å². The van der Waals surface area contributed by atoms with Crippen LogP contribution in [0.5, 0.6) is 0 Å². The summed E-state index contributed by atoms with van der Waals surface area (Å²) in [6.45, 7) is 5.61. The molecular formula is C14H21BrN2O. The van der Waals surface area contributed by atoms with Crippen molar-refractivity contribution in [2.75, 3.05) is 13.1 Å². The van der Waals surface area contributed by atoms with Gasteiger partial charge < -0.3 is 10.6 Å². The van der Waals surface area contributed by atoms with Crippen LogP contribution in [0.25, 0.3) is 0 Å². The molecule has 100 valence electrons. The van der Waals surface area contributed by atoms with Crippen LogP contribution in [0.1, 0.15) is 38.3 Å². The van der Waals surface area contributed by atoms with Gasteiger partial charge in [-0.25, -0.2) is 0 Å². The first-order valence-corrected chi connectivity index (χ1v) is 7.18. The summed E-state index contributed by atoms with van der Waals surface area (Å²) in [5, 5.41) is 6.22. The Morgan fingerprint density at radius 2 is 2.17 bits per heavy atom. The molecule has 0 saturated heterocycles. The average Bonchev–Trinajstić information content (AvgIpc) is 2.36. The van der Waals surface area contributed by atoms with Crippen molar-refractivity contribution in [2.45, 2.75) is 32.7 Å². The Balaban J connectivity index is 2.29. The van der Waals surface area contributed by atoms with Crippen molar-refractivity contribution < 1.29 is 4.79 Å². The maximum absolute atomic E-state index is 11.4. The van der Waals surface area contributed by atoms with E-state index in [4.69, 9.17) is 0 Å². The smallest absolute Gasteiger partial charge is 0.221 e. The molecule has 2 N–H and O–H groups in total. The minimum Gasteiger partial charge on any atom is -0.356 e. The Morgan fingerprint density at radius 1 is 1.39 bits per heavy atom. The highest BCUT2D eigenvalue weighted by molar-refractivity contribution is 9.10. The molecule has 0 aliphatic heterocycles. The molecule has 1 aromatic carbocycles. The number of carbonyl (C=O) groups is 1. The van der Waals surface area contributed by atoms with E-state index in [0.717, 1.165) is 17.4 Å². The minimum absolute atomic E-state index is 0.116. The lowest BCUT2D eigenvalue weighted by atomic mass is 10.1. The van der Waals surface area contributed by atoms with Crippen LogP contribution in [0.15, 0.2) is 28.7 Å². The standard InChI is InChI=1S/C14H21BrN2O/c1-3-8-17-14(18)7-9-16-11(2)12-5-4-6-13(15)10-12/h4-6,10-11,16H,3,7-9H2,1-2H3,(H,17,18). The SMILES string of the molecule is CCCNC(=O)CCNC(C)c1cccc(Br)c1. The zero-order chi connectivity index (χ0) is 13.4. The summed E-state index contributed by atoms with van der Waals surface area (Å²) in [7, 11) is 0. The van der Waals surface area contributed by atoms with Gasteiger partial charge in [0.05, 0.1) is 0 Å². The van der Waals surface area contributed by atoms with Crippen LogP contribution >= 0.6 is 15.9 Å². The molecule has 0 radical (unpaired) electrons. The summed E-state index contributed by atoms with van der Waals surface area (Å²) < 4.78 is 1.08. The first-order chi connectivity index (χ1) is 8.63. The molecule has 1 rings (SSSR count). The summed E-state index contributed by atoms with van der Waals surface area (Å²) in [6, 6.07) is 8.45. The van der Waals surface area contributed by atoms with Crippen molar-refractivity contribution in [3.63, 3.8) is 0 Å². The van der Waals surface area contributed by atoms with Crippen LogP contribution in [-0.2, 0) is 4.79 Å². The second kappa shape index (κ2) is 8.27. The summed E-state index contributed by atoms with van der Waals surface area (Å²) in [4.78, 5) is 11.4. The number of amides is 1. The topological polar surface area (TPSA) is 41.1 Å². The van der Waals surface area contributed by atoms with Crippen molar-refractivity contribution >= 4 is 21.8 Å². The lowest BCUT2D eigenvalue weighted by molar-refractivity contribution is -0.121. The minimum atomic E-state index is 0.116. The highest BCUT2D eigenvalue weighted by atomic mass is 79.9. The van der Waals surface area contributed by atoms with Gasteiger partial charge in [-0.05, 0) is 31.0 Å². The van der Waals surface area contributed by atoms with E-state index in [-0.39, 0.29) is 11.9 Å². The summed E-state index contributed by atoms with van der Waals surface area (Å²) in [6.07, 6.45) is 1.51. The van der Waals surface area contributed by atoms with Gasteiger partial charge in [0.25, 0.3) is 0 Å². The third-order valence-corrected chi connectivity index (χ3v) is 3.22. The maximum atomic E-state index is 11.4. The quantitative estimate of drug-likeness (QED) is 0.812. The Bertz CT molecular complexity index is 382. The van der Waals surface area contributed by atoms with Gasteiger partial charge in [0, 0.05) is 30.0 Å². The van der Waals surface area contributed by atoms with Gasteiger partial charge in [-0.3, -0.25) is 4.79 Å². The van der Waals surface area contributed by atoms with Crippen molar-refractivity contribution in [3.8, 4) is 0 Å². The monoisotopic (exact) mass is 312 g/mol. The van der Waals surface area contributed by atoms with Gasteiger partial charge in [0.15, 0.2) is 0 Å². The molecule has 4 heteroatoms. The molecular weight excluding hydrogens is 292 g/mol. The van der Waals surface area contributed by atoms with Crippen LogP contribution in [0, 0.1) is 0 Å². The normalized spacial score (nSPS) is 12.2. The van der Waals surface area contributed by atoms with Crippen molar-refractivity contribution in [1.82, 2.24) is 10.6 Å². The first-order valence-electron chi connectivity index (χ1n) is 6.39. The molecule has 3 nitrogen and oxygen atoms in total. The number of halogens is 1. The lowest BCUT2D eigenvalue weighted by Gasteiger charge is -2.14. The molecule has 1 atom stereocenters. The van der Waals surface area contributed by atoms with E-state index in [1.165, 1.54) is 5.56 Å². The van der Waals surface area contributed by atoms with Crippen LogP contribution in [0.2, 0.25) is 0 Å². The van der Waals surface area contributed by atoms with Crippen molar-refractivity contribution in [2.24, 2.45) is 0 Å². The van der Waals surface area contributed by atoms with Crippen molar-refractivity contribution in [3.05, 3.63) is 34.3 Å². The number of hydrogen-bond donors (Lipinski definition) is 2. The molecule has 0 fully saturated rings. The van der Waals surface area contributed by atoms with Crippen LogP contribution in [-0.4, -0.2) is 19.0 Å². The van der Waals surface area contributed by atoms with E-state index in [9.17, 15) is 4.79 Å². The Kier molecular flexibility index (Phi) is 6.98. The Hall–Kier alpha value is -0.870. The van der Waals surface area contributed by atoms with Crippen LogP contribution < -0.4 is 10.6 Å². The molecule has 1 aromatic rings. The van der Waals surface area contributed by atoms with E-state index < -0.39 is 0 Å². The molecule has 0 bridgehead atoms. The fourth-order valence-corrected chi connectivity index (χ4v) is 2.07. The largest absolute Gasteiger partial charge is 0.356 e. The molecule has 0 saturated carbocycles. The third-order valence-electron chi connectivity index (χ3n) is 2.72. The second-order valence-electron chi connectivity index (χ2n) is 4.33. The Morgan fingerprint density at radius 3 is 2.83 bits per heavy atom. The fourth-order valence-electron chi connectivity index (χ4n) is 1.65. The van der Waals surface area contributed by atoms with E-state index >= 15 is 0 Å². The molecule has 0 aliphatic rings. The zero-order valence-corrected chi connectivity index (χ0v) is 12.6. The number of benzene rings is 1. The molecule has 0 aliphatic carbocycles. The van der Waals surface area contributed by atoms with Gasteiger partial charge in [0.1, 0.15) is 0 Å². The molecule has 0 heterocycles. The Labute approximate surface area is 117 Å². The fraction of sp³-hybridized carbons (Fsp3) is 0.500. The van der Waals surface area contributed by atoms with Crippen molar-refractivity contribution in [1.29, 1.82) is 0 Å². The predicted octanol–water partition coefficient (Wildman–Crippen LogP) is 3.02. The highest BCUT2D eigenvalue weighted by Gasteiger charge is 2.06. The predicted molar refractivity (Wildman–Crippen MR) is 78.5 cm³/mol. The molecule has 1 amide bonds. The summed E-state index contributed by atoms with van der Waals surface area (Å²) in [5.74, 6) is 0.116. The number of carbonyl (C=O) groups excluding carboxylic acids is 1. The summed E-state index contributed by atoms with van der Waals surface area (Å²) >= 11 is 3.46. The number of nitrogens with one attached hydrogen (secondary N) is 2. The zero-order valence-electron chi connectivity index (χ0n) is 11.0. The van der Waals surface area contributed by atoms with Crippen LogP contribution in [0.3, 0.4) is 0 Å². The van der Waals surface area contributed by atoms with E-state index in [1.54, 1.807) is 0 Å². The first kappa shape index (κ1) is 15.2. The van der Waals surface area contributed by atoms with Gasteiger partial charge >= 0.3 is 0 Å². The van der Waals surface area contributed by atoms with Gasteiger partial charge in [-0.15, -0.1) is 0 Å². The molecule has 1 unspecified atom stereocenters. The number of hydrogen-bond acceptors (Lipinski definition) is 2. The van der Waals surface area contributed by atoms with Gasteiger partial charge in [0.2, 0.25) is 5.91 Å². The van der Waals surface area contributed by atoms with E-state index in [2.05, 4.69) is 45.6 Å². The van der Waals surface area contributed by atoms with E-state index in [0.29, 0.717) is 13.0 Å². The highest BCUT2D eigenvalue weighted by Crippen LogP contribution is 2.17. The average molecular weight is 313 g/mol. The maximum Gasteiger partial charge on any atom is 0.221 e. The molecule has 0 spiro atoms. The third kappa shape index (κ3) is 5.65. The second-order valence-corrected chi connectivity index (χ2v) is 5.25. The van der Waals surface area contributed by atoms with E-state index in [1.807, 2.05) is 19.1 Å². The van der Waals surface area contributed by atoms with Crippen LogP contribution in [0.4, 0.5) is 0 Å². The number of rotatable bonds is 7. The van der Waals surface area contributed by atoms with Gasteiger partial charge in [-0.2, -0.15) is 0 Å². The molecule has 0 aromatic heterocycles.